The molecule has 3 aliphatic heterocycles. The van der Waals surface area contributed by atoms with Crippen LogP contribution >= 0.6 is 0 Å². The summed E-state index contributed by atoms with van der Waals surface area (Å²) in [6.07, 6.45) is -7.09. The van der Waals surface area contributed by atoms with Crippen LogP contribution < -0.4 is 15.1 Å². The third-order valence-electron chi connectivity index (χ3n) is 19.7. The van der Waals surface area contributed by atoms with E-state index in [1.54, 1.807) is 50.3 Å². The Hall–Kier alpha value is -8.91. The van der Waals surface area contributed by atoms with Gasteiger partial charge in [0.25, 0.3) is 5.91 Å². The molecule has 1 spiro atoms. The number of amides is 6. The molecular weight excluding hydrogens is 1290 g/mol. The van der Waals surface area contributed by atoms with Crippen LogP contribution in [0.4, 0.5) is 57.4 Å². The van der Waals surface area contributed by atoms with Gasteiger partial charge in [-0.3, -0.25) is 29.4 Å². The number of ether oxygens (including phenoxy) is 3. The molecule has 4 aliphatic rings. The lowest BCUT2D eigenvalue weighted by Crippen LogP contribution is -2.50. The van der Waals surface area contributed by atoms with Gasteiger partial charge in [0, 0.05) is 108 Å². The Bertz CT molecular complexity index is 3760. The molecule has 528 valence electrons. The van der Waals surface area contributed by atoms with Crippen LogP contribution in [0.25, 0.3) is 11.1 Å². The molecule has 99 heavy (non-hydrogen) atoms. The minimum atomic E-state index is -5.16. The van der Waals surface area contributed by atoms with Crippen LogP contribution in [-0.2, 0) is 58.4 Å². The van der Waals surface area contributed by atoms with Gasteiger partial charge in [-0.05, 0) is 147 Å². The number of nitrogens with one attached hydrogen (secondary N) is 1. The van der Waals surface area contributed by atoms with Crippen LogP contribution in [0, 0.1) is 5.82 Å². The summed E-state index contributed by atoms with van der Waals surface area (Å²) >= 11 is 0. The van der Waals surface area contributed by atoms with Gasteiger partial charge < -0.3 is 48.7 Å². The van der Waals surface area contributed by atoms with Crippen LogP contribution in [0.1, 0.15) is 102 Å². The lowest BCUT2D eigenvalue weighted by Gasteiger charge is -2.44. The van der Waals surface area contributed by atoms with E-state index in [-0.39, 0.29) is 75.1 Å². The number of para-hydroxylation sites is 1. The fourth-order valence-corrected chi connectivity index (χ4v) is 13.8. The molecule has 0 unspecified atom stereocenters. The van der Waals surface area contributed by atoms with Crippen molar-refractivity contribution in [3.8, 4) is 11.1 Å². The number of carbonyl (C=O) groups excluding carboxylic acids is 5. The molecule has 0 aromatic heterocycles. The molecule has 10 rings (SSSR count). The van der Waals surface area contributed by atoms with Crippen molar-refractivity contribution >= 4 is 52.9 Å². The average Bonchev–Trinajstić information content (AvgIpc) is 1.60. The second-order valence-electron chi connectivity index (χ2n) is 26.1. The van der Waals surface area contributed by atoms with Crippen LogP contribution in [-0.4, -0.2) is 178 Å². The fourth-order valence-electron chi connectivity index (χ4n) is 13.8. The molecule has 0 bridgehead atoms. The molecule has 3 saturated heterocycles. The standard InChI is InChI=1S/C74H83F7N8O10/c1-83(36-31-66(91)85(3)58-25-27-59(28-26-58)89(70(95)96)35-13-5-8-20-65(90)84(2)42-43-86-37-29-60(30-38-86)99-69(94)82-63-19-12-10-17-61(63)51-14-6-4-7-15-51)67(92)48-97-64-46-52-16-9-11-18-62(52)71(64)32-39-87(40-33-71)41-34-72(54-21-23-57(75)24-22-54)49-88(50-98-72)68(93)53-44-55(73(76,77)78)47-56(45-53)74(79,80)81/h4,6-7,9-12,14-19,21-28,44-45,47,60,64H,5,8,13,20,29-43,46,48-50H2,1-3H3,(H,82,94)(H,95,96)/t64-,72-/m0/s1. The van der Waals surface area contributed by atoms with Crippen LogP contribution in [0.5, 0.6) is 0 Å². The molecule has 3 fully saturated rings. The number of likely N-dealkylation sites (tertiary alicyclic amines) is 2. The van der Waals surface area contributed by atoms with E-state index in [0.29, 0.717) is 125 Å². The molecule has 2 N–H and O–H groups in total. The summed E-state index contributed by atoms with van der Waals surface area (Å²) in [7, 11) is 4.98. The topological polar surface area (TPSA) is 185 Å². The van der Waals surface area contributed by atoms with Gasteiger partial charge in [0.05, 0.1) is 29.5 Å². The highest BCUT2D eigenvalue weighted by molar-refractivity contribution is 5.96. The Morgan fingerprint density at radius 1 is 0.657 bits per heavy atom. The monoisotopic (exact) mass is 1380 g/mol. The molecule has 2 atom stereocenters. The van der Waals surface area contributed by atoms with E-state index in [9.17, 15) is 64.6 Å². The highest BCUT2D eigenvalue weighted by atomic mass is 19.4. The van der Waals surface area contributed by atoms with Gasteiger partial charge in [-0.15, -0.1) is 0 Å². The number of nitrogens with zero attached hydrogens (tertiary/aromatic N) is 7. The molecular formula is C74H83F7N8O10. The highest BCUT2D eigenvalue weighted by Gasteiger charge is 2.50. The minimum absolute atomic E-state index is 0.00486. The van der Waals surface area contributed by atoms with Gasteiger partial charge in [-0.2, -0.15) is 26.3 Å². The number of benzene rings is 6. The Morgan fingerprint density at radius 3 is 1.96 bits per heavy atom. The van der Waals surface area contributed by atoms with Crippen molar-refractivity contribution in [1.29, 1.82) is 0 Å². The smallest absolute Gasteiger partial charge is 0.416 e. The van der Waals surface area contributed by atoms with Crippen LogP contribution in [0.15, 0.2) is 146 Å². The number of fused-ring (bicyclic) bond motifs is 2. The molecule has 6 aromatic carbocycles. The number of likely N-dealkylation sites (N-methyl/N-ethyl adjacent to an activating group) is 2. The average molecular weight is 1380 g/mol. The molecule has 6 aromatic rings. The van der Waals surface area contributed by atoms with E-state index < -0.39 is 70.7 Å². The van der Waals surface area contributed by atoms with Gasteiger partial charge in [-0.1, -0.05) is 91.3 Å². The van der Waals surface area contributed by atoms with Gasteiger partial charge in [0.2, 0.25) is 17.7 Å². The van der Waals surface area contributed by atoms with E-state index in [2.05, 4.69) is 21.2 Å². The number of halogens is 7. The number of carboxylic acid groups (broad SMARTS) is 1. The number of alkyl halides is 6. The van der Waals surface area contributed by atoms with Gasteiger partial charge in [0.15, 0.2) is 0 Å². The SMILES string of the molecule is CN(CCN1CCC(OC(=O)Nc2ccccc2-c2ccccc2)CC1)C(=O)CCCCCN(C(=O)O)c1ccc(N(C)C(=O)CCN(C)C(=O)CO[C@H]2Cc3ccccc3C23CCN(CC[C@@]2(c4ccc(F)cc4)CN(C(=O)c4cc(C(F)(F)F)cc(C(F)(F)F)c4)CO2)CC3)cc1. The second kappa shape index (κ2) is 32.0. The highest BCUT2D eigenvalue weighted by Crippen LogP contribution is 2.49. The largest absolute Gasteiger partial charge is 0.465 e. The first-order valence-corrected chi connectivity index (χ1v) is 33.4. The van der Waals surface area contributed by atoms with Crippen molar-refractivity contribution in [2.45, 2.75) is 106 Å². The van der Waals surface area contributed by atoms with E-state index in [4.69, 9.17) is 14.2 Å². The lowest BCUT2D eigenvalue weighted by molar-refractivity contribution is -0.143. The molecule has 1 aliphatic carbocycles. The zero-order chi connectivity index (χ0) is 70.7. The predicted octanol–water partition coefficient (Wildman–Crippen LogP) is 12.9. The number of hydrogen-bond acceptors (Lipinski definition) is 11. The first-order chi connectivity index (χ1) is 47.3. The maximum absolute atomic E-state index is 14.3. The number of hydrogen-bond donors (Lipinski definition) is 2. The zero-order valence-electron chi connectivity index (χ0n) is 55.7. The summed E-state index contributed by atoms with van der Waals surface area (Å²) < 4.78 is 116. The third-order valence-corrected chi connectivity index (χ3v) is 19.7. The van der Waals surface area contributed by atoms with Crippen molar-refractivity contribution in [3.63, 3.8) is 0 Å². The Kier molecular flexibility index (Phi) is 23.5. The number of unbranched alkanes of at least 4 members (excludes halogenated alkanes) is 2. The summed E-state index contributed by atoms with van der Waals surface area (Å²) in [6.45, 7) is 3.58. The first kappa shape index (κ1) is 72.8. The molecule has 25 heteroatoms. The van der Waals surface area contributed by atoms with Crippen LogP contribution in [0.3, 0.4) is 0 Å². The van der Waals surface area contributed by atoms with E-state index in [0.717, 1.165) is 40.2 Å². The maximum Gasteiger partial charge on any atom is 0.416 e. The summed E-state index contributed by atoms with van der Waals surface area (Å²) in [5.41, 5.74) is 0.397. The summed E-state index contributed by atoms with van der Waals surface area (Å²) in [5, 5.41) is 13.1. The summed E-state index contributed by atoms with van der Waals surface area (Å²) in [6, 6.07) is 38.1. The first-order valence-electron chi connectivity index (χ1n) is 33.4. The van der Waals surface area contributed by atoms with E-state index in [1.807, 2.05) is 72.8 Å². The van der Waals surface area contributed by atoms with E-state index in [1.165, 1.54) is 39.0 Å². The Morgan fingerprint density at radius 2 is 1.28 bits per heavy atom. The van der Waals surface area contributed by atoms with Gasteiger partial charge in [-0.25, -0.2) is 14.0 Å². The van der Waals surface area contributed by atoms with Crippen molar-refractivity contribution in [1.82, 2.24) is 24.5 Å². The fraction of sp³-hybridized carbons (Fsp3) is 0.432. The van der Waals surface area contributed by atoms with Gasteiger partial charge >= 0.3 is 24.5 Å². The number of piperidine rings is 2. The third kappa shape index (κ3) is 18.1. The van der Waals surface area contributed by atoms with Gasteiger partial charge in [0.1, 0.15) is 30.9 Å². The molecule has 18 nitrogen and oxygen atoms in total. The van der Waals surface area contributed by atoms with Crippen molar-refractivity contribution in [2.24, 2.45) is 0 Å². The van der Waals surface area contributed by atoms with Crippen LogP contribution in [0.2, 0.25) is 0 Å². The molecule has 0 radical (unpaired) electrons. The van der Waals surface area contributed by atoms with Crippen molar-refractivity contribution in [3.05, 3.63) is 185 Å². The number of carbonyl (C=O) groups is 6. The quantitative estimate of drug-likeness (QED) is 0.0409. The van der Waals surface area contributed by atoms with Crippen molar-refractivity contribution < 1.29 is 78.8 Å². The molecule has 6 amide bonds. The Labute approximate surface area is 571 Å². The summed E-state index contributed by atoms with van der Waals surface area (Å²) in [4.78, 5) is 90.8. The second-order valence-corrected chi connectivity index (χ2v) is 26.1. The normalized spacial score (nSPS) is 18.0. The summed E-state index contributed by atoms with van der Waals surface area (Å²) in [5.74, 6) is -2.24. The molecule has 3 heterocycles. The zero-order valence-corrected chi connectivity index (χ0v) is 55.7. The maximum atomic E-state index is 14.3. The number of anilines is 3. The molecule has 0 saturated carbocycles. The predicted molar refractivity (Wildman–Crippen MR) is 358 cm³/mol. The number of rotatable bonds is 25. The van der Waals surface area contributed by atoms with E-state index >= 15 is 0 Å². The lowest BCUT2D eigenvalue weighted by atomic mass is 9.72. The van der Waals surface area contributed by atoms with Crippen molar-refractivity contribution in [2.75, 3.05) is 115 Å². The minimum Gasteiger partial charge on any atom is -0.465 e. The Balaban J connectivity index is 0.633.